The first-order valence-electron chi connectivity index (χ1n) is 17.4. The van der Waals surface area contributed by atoms with Crippen LogP contribution in [-0.2, 0) is 28.2 Å². The Morgan fingerprint density at radius 2 is 1.02 bits per heavy atom. The molecule has 0 aromatic heterocycles. The fraction of sp³-hybridized carbons (Fsp3) is 0.939. The van der Waals surface area contributed by atoms with Crippen molar-refractivity contribution in [2.75, 3.05) is 25.6 Å². The van der Waals surface area contributed by atoms with Gasteiger partial charge in [0.05, 0.1) is 13.2 Å². The molecule has 0 fully saturated rings. The summed E-state index contributed by atoms with van der Waals surface area (Å²) in [6, 6.07) is 0. The summed E-state index contributed by atoms with van der Waals surface area (Å²) in [5.74, 6) is -0.753. The van der Waals surface area contributed by atoms with Crippen LogP contribution in [-0.4, -0.2) is 53.6 Å². The largest absolute Gasteiger partial charge is 0.462 e. The highest BCUT2D eigenvalue weighted by molar-refractivity contribution is 8.54. The Labute approximate surface area is 267 Å². The van der Waals surface area contributed by atoms with Gasteiger partial charge in [-0.15, -0.1) is 0 Å². The van der Waals surface area contributed by atoms with E-state index in [2.05, 4.69) is 13.8 Å². The van der Waals surface area contributed by atoms with Crippen molar-refractivity contribution in [2.45, 2.75) is 174 Å². The molecule has 2 N–H and O–H groups in total. The molecule has 0 aromatic carbocycles. The van der Waals surface area contributed by atoms with Gasteiger partial charge in [0.25, 0.3) is 0 Å². The lowest BCUT2D eigenvalue weighted by molar-refractivity contribution is -0.161. The lowest BCUT2D eigenvalue weighted by Gasteiger charge is -2.19. The number of carbonyl (C=O) groups is 2. The summed E-state index contributed by atoms with van der Waals surface area (Å²) in [5, 5.41) is 8.92. The van der Waals surface area contributed by atoms with Gasteiger partial charge in [0, 0.05) is 18.6 Å². The second-order valence-corrected chi connectivity index (χ2v) is 15.7. The van der Waals surface area contributed by atoms with Crippen LogP contribution >= 0.6 is 18.2 Å². The first kappa shape index (κ1) is 42.4. The van der Waals surface area contributed by atoms with E-state index >= 15 is 0 Å². The van der Waals surface area contributed by atoms with Gasteiger partial charge in [0.1, 0.15) is 6.61 Å². The first-order valence-corrected chi connectivity index (χ1v) is 20.6. The van der Waals surface area contributed by atoms with E-state index in [4.69, 9.17) is 19.1 Å². The van der Waals surface area contributed by atoms with E-state index in [-0.39, 0.29) is 38.0 Å². The van der Waals surface area contributed by atoms with E-state index < -0.39 is 18.9 Å². The van der Waals surface area contributed by atoms with Crippen molar-refractivity contribution in [2.24, 2.45) is 0 Å². The Bertz CT molecular complexity index is 694. The van der Waals surface area contributed by atoms with Crippen LogP contribution in [0.25, 0.3) is 0 Å². The summed E-state index contributed by atoms with van der Waals surface area (Å²) in [6.07, 6.45) is 25.7. The van der Waals surface area contributed by atoms with Gasteiger partial charge in [0.15, 0.2) is 6.10 Å². The van der Waals surface area contributed by atoms with Crippen molar-refractivity contribution in [1.29, 1.82) is 0 Å². The number of aliphatic hydroxyl groups is 1. The minimum absolute atomic E-state index is 0.0467. The molecule has 0 aromatic rings. The van der Waals surface area contributed by atoms with Gasteiger partial charge in [-0.05, 0) is 24.2 Å². The van der Waals surface area contributed by atoms with E-state index in [1.807, 2.05) is 0 Å². The highest BCUT2D eigenvalue weighted by Gasteiger charge is 2.25. The Kier molecular flexibility index (Phi) is 30.9. The van der Waals surface area contributed by atoms with Crippen molar-refractivity contribution in [1.82, 2.24) is 0 Å². The van der Waals surface area contributed by atoms with Gasteiger partial charge in [-0.25, -0.2) is 4.57 Å². The highest BCUT2D eigenvalue weighted by atomic mass is 32.7. The van der Waals surface area contributed by atoms with Gasteiger partial charge in [-0.2, -0.15) is 0 Å². The lowest BCUT2D eigenvalue weighted by atomic mass is 10.1. The third kappa shape index (κ3) is 31.2. The monoisotopic (exact) mass is 652 g/mol. The Morgan fingerprint density at radius 3 is 1.44 bits per heavy atom. The molecule has 0 heterocycles. The number of ether oxygens (including phenoxy) is 2. The Balaban J connectivity index is 4.25. The average molecular weight is 653 g/mol. The Morgan fingerprint density at radius 1 is 0.628 bits per heavy atom. The molecule has 256 valence electrons. The predicted molar refractivity (Wildman–Crippen MR) is 178 cm³/mol. The minimum atomic E-state index is -4.02. The zero-order valence-electron chi connectivity index (χ0n) is 27.6. The molecule has 0 spiro atoms. The van der Waals surface area contributed by atoms with E-state index in [0.717, 1.165) is 32.1 Å². The number of aliphatic hydroxyl groups excluding tert-OH is 1. The molecule has 8 nitrogen and oxygen atoms in total. The summed E-state index contributed by atoms with van der Waals surface area (Å²) in [6.45, 7) is -0.391. The number of carbonyl (C=O) groups excluding carboxylic acids is 2. The maximum absolute atomic E-state index is 12.5. The highest BCUT2D eigenvalue weighted by Crippen LogP contribution is 2.55. The summed E-state index contributed by atoms with van der Waals surface area (Å²) < 4.78 is 28.1. The van der Waals surface area contributed by atoms with Crippen LogP contribution in [0.5, 0.6) is 0 Å². The molecule has 0 radical (unpaired) electrons. The number of rotatable bonds is 33. The van der Waals surface area contributed by atoms with Crippen molar-refractivity contribution >= 4 is 30.1 Å². The molecule has 0 bridgehead atoms. The van der Waals surface area contributed by atoms with Crippen LogP contribution in [0.4, 0.5) is 0 Å². The fourth-order valence-corrected chi connectivity index (χ4v) is 6.94. The lowest BCUT2D eigenvalue weighted by Crippen LogP contribution is -2.29. The zero-order valence-corrected chi connectivity index (χ0v) is 29.3. The quantitative estimate of drug-likeness (QED) is 0.0406. The number of hydrogen-bond acceptors (Lipinski definition) is 8. The van der Waals surface area contributed by atoms with Gasteiger partial charge in [-0.3, -0.25) is 14.1 Å². The second-order valence-electron chi connectivity index (χ2n) is 11.7. The van der Waals surface area contributed by atoms with Gasteiger partial charge in [0.2, 0.25) is 0 Å². The smallest absolute Gasteiger partial charge is 0.386 e. The Hall–Kier alpha value is -0.600. The molecule has 0 rings (SSSR count). The fourth-order valence-electron chi connectivity index (χ4n) is 4.86. The van der Waals surface area contributed by atoms with Crippen molar-refractivity contribution in [3.05, 3.63) is 0 Å². The van der Waals surface area contributed by atoms with Gasteiger partial charge in [-0.1, -0.05) is 142 Å². The third-order valence-corrected chi connectivity index (χ3v) is 10.5. The van der Waals surface area contributed by atoms with Crippen molar-refractivity contribution in [3.63, 3.8) is 0 Å². The summed E-state index contributed by atoms with van der Waals surface area (Å²) in [4.78, 5) is 34.7. The molecular formula is C33H65O8PS. The molecule has 0 amide bonds. The van der Waals surface area contributed by atoms with Crippen molar-refractivity contribution in [3.8, 4) is 0 Å². The van der Waals surface area contributed by atoms with E-state index in [9.17, 15) is 19.0 Å². The maximum Gasteiger partial charge on any atom is 0.386 e. The molecule has 10 heteroatoms. The normalized spacial score (nSPS) is 13.5. The average Bonchev–Trinajstić information content (AvgIpc) is 2.99. The number of unbranched alkanes of at least 4 members (excludes halogenated alkanes) is 20. The SMILES string of the molecule is CCCCCCCCCCCCCC(=O)OC[C@H](COP(=O)(O)SCCO)OC(=O)CCCCCCCCCCCCC. The molecule has 1 unspecified atom stereocenters. The topological polar surface area (TPSA) is 119 Å². The van der Waals surface area contributed by atoms with Crippen molar-refractivity contribution < 1.29 is 38.2 Å². The molecule has 0 aliphatic rings. The number of esters is 2. The maximum atomic E-state index is 12.5. The van der Waals surface area contributed by atoms with Crippen LogP contribution in [0.3, 0.4) is 0 Å². The number of hydrogen-bond donors (Lipinski definition) is 2. The molecular weight excluding hydrogens is 587 g/mol. The molecule has 0 aliphatic heterocycles. The first-order chi connectivity index (χ1) is 20.8. The van der Waals surface area contributed by atoms with Gasteiger partial charge >= 0.3 is 18.7 Å². The minimum Gasteiger partial charge on any atom is -0.462 e. The van der Waals surface area contributed by atoms with Crippen LogP contribution in [0.15, 0.2) is 0 Å². The van der Waals surface area contributed by atoms with E-state index in [1.54, 1.807) is 0 Å². The molecule has 2 atom stereocenters. The van der Waals surface area contributed by atoms with Crippen LogP contribution in [0, 0.1) is 0 Å². The van der Waals surface area contributed by atoms with Crippen LogP contribution < -0.4 is 0 Å². The third-order valence-electron chi connectivity index (χ3n) is 7.47. The predicted octanol–water partition coefficient (Wildman–Crippen LogP) is 9.69. The molecule has 0 saturated heterocycles. The standard InChI is InChI=1S/C33H65O8PS/c1-3-5-7-9-11-13-15-17-19-21-23-25-32(35)39-29-31(30-40-42(37,38)43-28-27-34)41-33(36)26-24-22-20-18-16-14-12-10-8-6-4-2/h31,34H,3-30H2,1-2H3,(H,37,38)/t31-/m1/s1. The summed E-state index contributed by atoms with van der Waals surface area (Å²) in [7, 11) is 0. The summed E-state index contributed by atoms with van der Waals surface area (Å²) in [5.41, 5.74) is 0. The van der Waals surface area contributed by atoms with Gasteiger partial charge < -0.3 is 19.5 Å². The van der Waals surface area contributed by atoms with Crippen LogP contribution in [0.1, 0.15) is 168 Å². The second kappa shape index (κ2) is 31.4. The van der Waals surface area contributed by atoms with Crippen LogP contribution in [0.2, 0.25) is 0 Å². The molecule has 0 aliphatic carbocycles. The van der Waals surface area contributed by atoms with E-state index in [0.29, 0.717) is 24.2 Å². The zero-order chi connectivity index (χ0) is 31.9. The summed E-state index contributed by atoms with van der Waals surface area (Å²) >= 11 is 0.609. The molecule has 0 saturated carbocycles. The molecule has 43 heavy (non-hydrogen) atoms. The van der Waals surface area contributed by atoms with E-state index in [1.165, 1.54) is 103 Å².